The highest BCUT2D eigenvalue weighted by Crippen LogP contribution is 2.28. The molecule has 11 nitrogen and oxygen atoms in total. The van der Waals surface area contributed by atoms with Crippen LogP contribution in [0.15, 0.2) is 48.7 Å². The first-order chi connectivity index (χ1) is 19.3. The SMILES string of the molecule is CC(C)(C)OC(=O)NCC(=O)N[C@H](C[C@H](CC(=O)c1cn[nH]n1)Cc1ccc(-c2cc(Cl)ccc2F)cc1)C(=O)O. The number of alkyl carbamates (subject to hydrolysis) is 1. The number of H-pyrrole nitrogens is 1. The summed E-state index contributed by atoms with van der Waals surface area (Å²) in [6.07, 6.45) is 0.552. The third-order valence-electron chi connectivity index (χ3n) is 5.89. The van der Waals surface area contributed by atoms with Crippen molar-refractivity contribution in [1.82, 2.24) is 26.0 Å². The molecule has 1 heterocycles. The van der Waals surface area contributed by atoms with Crippen LogP contribution in [0, 0.1) is 11.7 Å². The molecule has 218 valence electrons. The summed E-state index contributed by atoms with van der Waals surface area (Å²) in [4.78, 5) is 49.1. The van der Waals surface area contributed by atoms with Crippen molar-refractivity contribution in [3.63, 3.8) is 0 Å². The number of ether oxygens (including phenoxy) is 1. The first kappa shape index (κ1) is 31.2. The summed E-state index contributed by atoms with van der Waals surface area (Å²) in [5.74, 6) is -3.37. The number of amides is 2. The first-order valence-electron chi connectivity index (χ1n) is 12.7. The van der Waals surface area contributed by atoms with E-state index >= 15 is 0 Å². The monoisotopic (exact) mass is 587 g/mol. The number of ketones is 1. The Balaban J connectivity index is 1.73. The minimum absolute atomic E-state index is 0.0764. The van der Waals surface area contributed by atoms with Gasteiger partial charge in [0.25, 0.3) is 0 Å². The number of benzene rings is 2. The predicted octanol–water partition coefficient (Wildman–Crippen LogP) is 4.18. The fraction of sp³-hybridized carbons (Fsp3) is 0.357. The van der Waals surface area contributed by atoms with Crippen LogP contribution in [0.1, 0.15) is 49.7 Å². The van der Waals surface area contributed by atoms with Crippen molar-refractivity contribution in [1.29, 1.82) is 0 Å². The van der Waals surface area contributed by atoms with Crippen LogP contribution in [0.4, 0.5) is 9.18 Å². The summed E-state index contributed by atoms with van der Waals surface area (Å²) in [5, 5.41) is 24.7. The summed E-state index contributed by atoms with van der Waals surface area (Å²) >= 11 is 6.01. The molecule has 3 aromatic rings. The van der Waals surface area contributed by atoms with Crippen LogP contribution in [0.25, 0.3) is 11.1 Å². The van der Waals surface area contributed by atoms with Gasteiger partial charge in [-0.05, 0) is 68.9 Å². The van der Waals surface area contributed by atoms with Gasteiger partial charge in [0.2, 0.25) is 5.91 Å². The predicted molar refractivity (Wildman–Crippen MR) is 148 cm³/mol. The molecule has 13 heteroatoms. The van der Waals surface area contributed by atoms with Crippen molar-refractivity contribution in [2.45, 2.75) is 51.7 Å². The Kier molecular flexibility index (Phi) is 10.5. The van der Waals surface area contributed by atoms with Crippen molar-refractivity contribution in [3.8, 4) is 11.1 Å². The molecular formula is C28H31ClFN5O6. The van der Waals surface area contributed by atoms with E-state index in [1.807, 2.05) is 0 Å². The zero-order valence-corrected chi connectivity index (χ0v) is 23.5. The molecule has 0 bridgehead atoms. The topological polar surface area (TPSA) is 163 Å². The average Bonchev–Trinajstić information content (AvgIpc) is 3.43. The summed E-state index contributed by atoms with van der Waals surface area (Å²) in [6.45, 7) is 4.49. The second-order valence-corrected chi connectivity index (χ2v) is 10.9. The minimum Gasteiger partial charge on any atom is -0.480 e. The number of nitrogens with one attached hydrogen (secondary N) is 3. The van der Waals surface area contributed by atoms with Gasteiger partial charge in [0, 0.05) is 17.0 Å². The van der Waals surface area contributed by atoms with Crippen molar-refractivity contribution in [2.75, 3.05) is 6.54 Å². The zero-order valence-electron chi connectivity index (χ0n) is 22.7. The van der Waals surface area contributed by atoms with Crippen LogP contribution in [0.5, 0.6) is 0 Å². The van der Waals surface area contributed by atoms with Gasteiger partial charge in [-0.3, -0.25) is 9.59 Å². The Labute approximate surface area is 240 Å². The maximum Gasteiger partial charge on any atom is 0.408 e. The fourth-order valence-electron chi connectivity index (χ4n) is 4.08. The number of carbonyl (C=O) groups excluding carboxylic acids is 3. The number of aromatic nitrogens is 3. The van der Waals surface area contributed by atoms with E-state index in [0.717, 1.165) is 5.56 Å². The second-order valence-electron chi connectivity index (χ2n) is 10.4. The summed E-state index contributed by atoms with van der Waals surface area (Å²) < 4.78 is 19.4. The third-order valence-corrected chi connectivity index (χ3v) is 6.12. The average molecular weight is 588 g/mol. The molecule has 2 amide bonds. The first-order valence-corrected chi connectivity index (χ1v) is 13.1. The number of halogens is 2. The van der Waals surface area contributed by atoms with Crippen LogP contribution >= 0.6 is 11.6 Å². The normalized spacial score (nSPS) is 12.7. The number of hydrogen-bond acceptors (Lipinski definition) is 7. The van der Waals surface area contributed by atoms with Crippen molar-refractivity contribution in [3.05, 3.63) is 70.8 Å². The van der Waals surface area contributed by atoms with Gasteiger partial charge in [0.05, 0.1) is 6.20 Å². The molecule has 0 fully saturated rings. The molecule has 1 aromatic heterocycles. The number of aliphatic carboxylic acids is 1. The molecule has 2 aromatic carbocycles. The molecule has 0 aliphatic rings. The van der Waals surface area contributed by atoms with Gasteiger partial charge >= 0.3 is 12.1 Å². The minimum atomic E-state index is -1.35. The smallest absolute Gasteiger partial charge is 0.408 e. The fourth-order valence-corrected chi connectivity index (χ4v) is 4.25. The molecule has 3 rings (SSSR count). The Morgan fingerprint density at radius 2 is 1.83 bits per heavy atom. The van der Waals surface area contributed by atoms with Crippen LogP contribution < -0.4 is 10.6 Å². The number of aromatic amines is 1. The van der Waals surface area contributed by atoms with E-state index in [4.69, 9.17) is 16.3 Å². The second kappa shape index (κ2) is 13.8. The number of Topliss-reactive ketones (excluding diaryl/α,β-unsaturated/α-hetero) is 1. The molecule has 0 aliphatic carbocycles. The van der Waals surface area contributed by atoms with E-state index in [0.29, 0.717) is 16.1 Å². The molecule has 0 unspecified atom stereocenters. The van der Waals surface area contributed by atoms with Crippen molar-refractivity contribution in [2.24, 2.45) is 5.92 Å². The number of hydrogen-bond donors (Lipinski definition) is 4. The number of carbonyl (C=O) groups is 4. The Hall–Kier alpha value is -4.32. The van der Waals surface area contributed by atoms with Crippen LogP contribution in [-0.4, -0.2) is 62.5 Å². The molecule has 4 N–H and O–H groups in total. The lowest BCUT2D eigenvalue weighted by molar-refractivity contribution is -0.142. The molecule has 2 atom stereocenters. The summed E-state index contributed by atoms with van der Waals surface area (Å²) in [5.41, 5.74) is 1.01. The number of carboxylic acid groups (broad SMARTS) is 1. The lowest BCUT2D eigenvalue weighted by Gasteiger charge is -2.22. The van der Waals surface area contributed by atoms with Gasteiger partial charge in [-0.2, -0.15) is 15.4 Å². The lowest BCUT2D eigenvalue weighted by Crippen LogP contribution is -2.47. The van der Waals surface area contributed by atoms with Crippen LogP contribution in [0.2, 0.25) is 5.02 Å². The number of nitrogens with zero attached hydrogens (tertiary/aromatic N) is 2. The van der Waals surface area contributed by atoms with Crippen LogP contribution in [0.3, 0.4) is 0 Å². The maximum absolute atomic E-state index is 14.3. The molecule has 0 radical (unpaired) electrons. The van der Waals surface area contributed by atoms with Crippen molar-refractivity contribution >= 4 is 35.4 Å². The zero-order chi connectivity index (χ0) is 30.2. The van der Waals surface area contributed by atoms with Gasteiger partial charge < -0.3 is 20.5 Å². The molecule has 0 saturated carbocycles. The molecule has 41 heavy (non-hydrogen) atoms. The Morgan fingerprint density at radius 1 is 1.12 bits per heavy atom. The highest BCUT2D eigenvalue weighted by atomic mass is 35.5. The highest BCUT2D eigenvalue weighted by molar-refractivity contribution is 6.30. The molecule has 0 saturated heterocycles. The van der Waals surface area contributed by atoms with Gasteiger partial charge in [-0.1, -0.05) is 35.9 Å². The van der Waals surface area contributed by atoms with E-state index in [1.54, 1.807) is 45.0 Å². The van der Waals surface area contributed by atoms with E-state index in [2.05, 4.69) is 26.0 Å². The van der Waals surface area contributed by atoms with Crippen molar-refractivity contribution < 1.29 is 33.4 Å². The molecule has 0 aliphatic heterocycles. The standard InChI is InChI=1S/C28H31ClFN5O6/c1-28(2,3)41-27(40)31-15-25(37)33-22(26(38)39)11-17(12-24(36)23-14-32-35-34-23)10-16-4-6-18(7-5-16)20-13-19(29)8-9-21(20)30/h4-9,13-14,17,22H,10-12,15H2,1-3H3,(H,31,40)(H,33,37)(H,38,39)(H,32,34,35)/t17-,22-/m1/s1. The van der Waals surface area contributed by atoms with Gasteiger partial charge in [-0.25, -0.2) is 14.0 Å². The van der Waals surface area contributed by atoms with Crippen LogP contribution in [-0.2, 0) is 20.7 Å². The van der Waals surface area contributed by atoms with E-state index < -0.39 is 47.9 Å². The summed E-state index contributed by atoms with van der Waals surface area (Å²) in [7, 11) is 0. The number of rotatable bonds is 12. The highest BCUT2D eigenvalue weighted by Gasteiger charge is 2.27. The summed E-state index contributed by atoms with van der Waals surface area (Å²) in [6, 6.07) is 9.82. The largest absolute Gasteiger partial charge is 0.480 e. The lowest BCUT2D eigenvalue weighted by atomic mass is 9.87. The molecular weight excluding hydrogens is 557 g/mol. The maximum atomic E-state index is 14.3. The Bertz CT molecular complexity index is 1380. The van der Waals surface area contributed by atoms with Gasteiger partial charge in [0.15, 0.2) is 5.78 Å². The van der Waals surface area contributed by atoms with Gasteiger partial charge in [-0.15, -0.1) is 0 Å². The van der Waals surface area contributed by atoms with E-state index in [-0.39, 0.29) is 30.7 Å². The quantitative estimate of drug-likeness (QED) is 0.229. The third kappa shape index (κ3) is 9.98. The van der Waals surface area contributed by atoms with Gasteiger partial charge in [0.1, 0.15) is 29.7 Å². The molecule has 0 spiro atoms. The van der Waals surface area contributed by atoms with E-state index in [1.165, 1.54) is 24.4 Å². The number of carboxylic acids is 1. The van der Waals surface area contributed by atoms with E-state index in [9.17, 15) is 28.7 Å². The Morgan fingerprint density at radius 3 is 2.44 bits per heavy atom.